The molecule has 1 unspecified atom stereocenters. The second-order valence-electron chi connectivity index (χ2n) is 7.78. The maximum Gasteiger partial charge on any atom is 0.246 e. The van der Waals surface area contributed by atoms with Crippen LogP contribution >= 0.6 is 0 Å². The van der Waals surface area contributed by atoms with E-state index in [2.05, 4.69) is 32.4 Å². The first-order valence-electron chi connectivity index (χ1n) is 9.64. The zero-order valence-electron chi connectivity index (χ0n) is 16.0. The van der Waals surface area contributed by atoms with Crippen molar-refractivity contribution in [2.45, 2.75) is 25.4 Å². The smallest absolute Gasteiger partial charge is 0.246 e. The lowest BCUT2D eigenvalue weighted by Gasteiger charge is -2.38. The number of hydrogen-bond acceptors (Lipinski definition) is 5. The lowest BCUT2D eigenvalue weighted by molar-refractivity contribution is -0.130. The molecule has 29 heavy (non-hydrogen) atoms. The normalized spacial score (nSPS) is 20.9. The third-order valence-electron chi connectivity index (χ3n) is 5.57. The van der Waals surface area contributed by atoms with Crippen LogP contribution in [0.2, 0.25) is 0 Å². The van der Waals surface area contributed by atoms with Crippen LogP contribution in [0, 0.1) is 18.6 Å². The number of ether oxygens (including phenoxy) is 1. The van der Waals surface area contributed by atoms with Crippen LogP contribution in [-0.2, 0) is 4.74 Å². The molecule has 152 valence electrons. The van der Waals surface area contributed by atoms with Crippen molar-refractivity contribution < 1.29 is 14.9 Å². The van der Waals surface area contributed by atoms with Crippen LogP contribution in [0.5, 0.6) is 0 Å². The molecule has 5 rings (SSSR count). The molecule has 3 heterocycles. The summed E-state index contributed by atoms with van der Waals surface area (Å²) in [6, 6.07) is 9.47. The van der Waals surface area contributed by atoms with Gasteiger partial charge in [0.05, 0.1) is 17.9 Å². The molecule has 3 aromatic rings. The summed E-state index contributed by atoms with van der Waals surface area (Å²) >= 11 is 0. The average molecular weight is 399 g/mol. The molecule has 1 N–H and O–H groups in total. The molecule has 0 bridgehead atoms. The zero-order chi connectivity index (χ0) is 20.0. The molecule has 0 aliphatic carbocycles. The van der Waals surface area contributed by atoms with E-state index in [-0.39, 0.29) is 12.7 Å². The Bertz CT molecular complexity index is 1050. The van der Waals surface area contributed by atoms with Gasteiger partial charge >= 0.3 is 0 Å². The highest BCUT2D eigenvalue weighted by atomic mass is 19.1. The first kappa shape index (κ1) is 18.1. The van der Waals surface area contributed by atoms with Crippen molar-refractivity contribution in [2.75, 3.05) is 29.9 Å². The number of rotatable bonds is 4. The molecule has 0 saturated carbocycles. The van der Waals surface area contributed by atoms with Crippen molar-refractivity contribution in [3.05, 3.63) is 59.9 Å². The van der Waals surface area contributed by atoms with Crippen LogP contribution in [0.15, 0.2) is 42.7 Å². The maximum absolute atomic E-state index is 13.5. The Balaban J connectivity index is 0.00000218. The Kier molecular flexibility index (Phi) is 4.24. The fraction of sp³-hybridized carbons (Fsp3) is 0.333. The molecular formula is C21H23F2N5O. The predicted molar refractivity (Wildman–Crippen MR) is 108 cm³/mol. The average Bonchev–Trinajstić information content (AvgIpc) is 3.27. The lowest BCUT2D eigenvalue weighted by Crippen LogP contribution is -2.45. The van der Waals surface area contributed by atoms with Crippen LogP contribution in [0.4, 0.5) is 26.1 Å². The second kappa shape index (κ2) is 6.81. The molecular weight excluding hydrogens is 376 g/mol. The minimum absolute atomic E-state index is 0. The Hall–Kier alpha value is -3.00. The van der Waals surface area contributed by atoms with Gasteiger partial charge in [0.15, 0.2) is 0 Å². The second-order valence-corrected chi connectivity index (χ2v) is 7.78. The fourth-order valence-corrected chi connectivity index (χ4v) is 4.04. The monoisotopic (exact) mass is 399 g/mol. The van der Waals surface area contributed by atoms with E-state index in [0.717, 1.165) is 55.5 Å². The van der Waals surface area contributed by atoms with Gasteiger partial charge in [-0.2, -0.15) is 4.98 Å². The van der Waals surface area contributed by atoms with Crippen molar-refractivity contribution in [3.8, 4) is 5.69 Å². The van der Waals surface area contributed by atoms with Gasteiger partial charge in [0.1, 0.15) is 18.0 Å². The van der Waals surface area contributed by atoms with E-state index in [1.807, 2.05) is 13.0 Å². The molecule has 2 saturated heterocycles. The van der Waals surface area contributed by atoms with Gasteiger partial charge < -0.3 is 15.0 Å². The topological polar surface area (TPSA) is 55.2 Å². The summed E-state index contributed by atoms with van der Waals surface area (Å²) in [6.45, 7) is 4.79. The number of hydrogen-bond donors (Lipinski definition) is 1. The maximum atomic E-state index is 13.5. The molecule has 1 atom stereocenters. The summed E-state index contributed by atoms with van der Waals surface area (Å²) in [6.07, 6.45) is 3.60. The van der Waals surface area contributed by atoms with Gasteiger partial charge in [-0.05, 0) is 49.2 Å². The van der Waals surface area contributed by atoms with Crippen molar-refractivity contribution in [1.82, 2.24) is 14.8 Å². The first-order valence-corrected chi connectivity index (χ1v) is 9.64. The van der Waals surface area contributed by atoms with Crippen LogP contribution in [-0.4, -0.2) is 40.1 Å². The van der Waals surface area contributed by atoms with E-state index in [1.54, 1.807) is 0 Å². The third kappa shape index (κ3) is 3.55. The Morgan fingerprint density at radius 1 is 1.07 bits per heavy atom. The summed E-state index contributed by atoms with van der Waals surface area (Å²) in [5, 5.41) is 7.48. The van der Waals surface area contributed by atoms with E-state index >= 15 is 0 Å². The number of nitrogens with zero attached hydrogens (tertiary/aromatic N) is 4. The molecule has 2 aromatic carbocycles. The lowest BCUT2D eigenvalue weighted by atomic mass is 9.94. The molecule has 6 nitrogen and oxygen atoms in total. The van der Waals surface area contributed by atoms with E-state index in [9.17, 15) is 8.78 Å². The van der Waals surface area contributed by atoms with Crippen LogP contribution < -0.4 is 10.2 Å². The van der Waals surface area contributed by atoms with E-state index in [4.69, 9.17) is 4.74 Å². The highest BCUT2D eigenvalue weighted by Gasteiger charge is 2.44. The SMILES string of the molecule is Cc1cc(Nc2ncn(-c3cc(F)cc(F)c3)n2)cc(N2CCC3(CCO3)C2)c1.[HH]. The van der Waals surface area contributed by atoms with Crippen molar-refractivity contribution in [3.63, 3.8) is 0 Å². The van der Waals surface area contributed by atoms with Crippen molar-refractivity contribution >= 4 is 17.3 Å². The molecule has 2 aliphatic rings. The largest absolute Gasteiger partial charge is 0.373 e. The Morgan fingerprint density at radius 3 is 2.55 bits per heavy atom. The van der Waals surface area contributed by atoms with Gasteiger partial charge in [-0.15, -0.1) is 5.10 Å². The number of aryl methyl sites for hydroxylation is 1. The molecule has 8 heteroatoms. The summed E-state index contributed by atoms with van der Waals surface area (Å²) in [4.78, 5) is 6.56. The summed E-state index contributed by atoms with van der Waals surface area (Å²) < 4.78 is 34.1. The number of anilines is 3. The fourth-order valence-electron chi connectivity index (χ4n) is 4.04. The Morgan fingerprint density at radius 2 is 1.86 bits per heavy atom. The van der Waals surface area contributed by atoms with E-state index in [0.29, 0.717) is 5.95 Å². The number of aromatic nitrogens is 3. The third-order valence-corrected chi connectivity index (χ3v) is 5.57. The highest BCUT2D eigenvalue weighted by molar-refractivity contribution is 5.64. The first-order chi connectivity index (χ1) is 14.0. The number of benzene rings is 2. The number of halogens is 2. The molecule has 1 spiro atoms. The highest BCUT2D eigenvalue weighted by Crippen LogP contribution is 2.38. The quantitative estimate of drug-likeness (QED) is 0.712. The van der Waals surface area contributed by atoms with Crippen LogP contribution in [0.1, 0.15) is 19.8 Å². The minimum Gasteiger partial charge on any atom is -0.373 e. The van der Waals surface area contributed by atoms with Gasteiger partial charge in [-0.1, -0.05) is 0 Å². The Labute approximate surface area is 168 Å². The van der Waals surface area contributed by atoms with Crippen LogP contribution in [0.25, 0.3) is 5.69 Å². The van der Waals surface area contributed by atoms with Gasteiger partial charge in [0.25, 0.3) is 0 Å². The standard InChI is InChI=1S/C21H21F2N5O.H2/c1-14-6-17(11-18(7-14)27-4-2-21(12-27)3-5-29-21)25-20-24-13-28(26-20)19-9-15(22)8-16(23)10-19;/h6-11,13H,2-5,12H2,1H3,(H,25,26);1H. The van der Waals surface area contributed by atoms with Crippen molar-refractivity contribution in [2.24, 2.45) is 0 Å². The number of nitrogens with one attached hydrogen (secondary N) is 1. The summed E-state index contributed by atoms with van der Waals surface area (Å²) in [5.74, 6) is -0.967. The summed E-state index contributed by atoms with van der Waals surface area (Å²) in [5.41, 5.74) is 3.42. The van der Waals surface area contributed by atoms with Crippen LogP contribution in [0.3, 0.4) is 0 Å². The molecule has 2 aliphatic heterocycles. The molecule has 2 fully saturated rings. The van der Waals surface area contributed by atoms with E-state index < -0.39 is 11.6 Å². The molecule has 1 aromatic heterocycles. The predicted octanol–water partition coefficient (Wildman–Crippen LogP) is 4.21. The zero-order valence-corrected chi connectivity index (χ0v) is 16.0. The van der Waals surface area contributed by atoms with Crippen molar-refractivity contribution in [1.29, 1.82) is 0 Å². The molecule has 0 radical (unpaired) electrons. The molecule has 0 amide bonds. The van der Waals surface area contributed by atoms with Gasteiger partial charge in [-0.25, -0.2) is 13.5 Å². The van der Waals surface area contributed by atoms with E-state index in [1.165, 1.54) is 23.1 Å². The van der Waals surface area contributed by atoms with Gasteiger partial charge in [-0.3, -0.25) is 0 Å². The van der Waals surface area contributed by atoms with Gasteiger partial charge in [0, 0.05) is 38.4 Å². The minimum atomic E-state index is -0.660. The summed E-state index contributed by atoms with van der Waals surface area (Å²) in [7, 11) is 0. The van der Waals surface area contributed by atoms with Gasteiger partial charge in [0.2, 0.25) is 5.95 Å².